The number of piperidine rings is 1. The van der Waals surface area contributed by atoms with Crippen molar-refractivity contribution in [2.24, 2.45) is 5.92 Å². The van der Waals surface area contributed by atoms with Crippen LogP contribution in [0.25, 0.3) is 11.4 Å². The molecule has 1 amide bonds. The summed E-state index contributed by atoms with van der Waals surface area (Å²) in [6.07, 6.45) is 9.01. The highest BCUT2D eigenvalue weighted by Gasteiger charge is 2.35. The lowest BCUT2D eigenvalue weighted by molar-refractivity contribution is -0.134. The van der Waals surface area contributed by atoms with E-state index in [1.54, 1.807) is 13.4 Å². The van der Waals surface area contributed by atoms with E-state index in [-0.39, 0.29) is 5.91 Å². The summed E-state index contributed by atoms with van der Waals surface area (Å²) in [5, 5.41) is 9.64. The molecular formula is C25H30N4O3S. The second-order valence-electron chi connectivity index (χ2n) is 8.83. The fourth-order valence-electron chi connectivity index (χ4n) is 5.22. The van der Waals surface area contributed by atoms with E-state index in [4.69, 9.17) is 9.15 Å². The van der Waals surface area contributed by atoms with E-state index in [2.05, 4.69) is 15.1 Å². The highest BCUT2D eigenvalue weighted by molar-refractivity contribution is 7.99. The van der Waals surface area contributed by atoms with E-state index in [0.29, 0.717) is 24.3 Å². The SMILES string of the molecule is COc1cccc(-c2nnc(SCC(=O)N3CCC[C@H]4CCCC[C@H]43)n2Cc2ccco2)c1. The van der Waals surface area contributed by atoms with Crippen LogP contribution in [0, 0.1) is 5.92 Å². The normalized spacial score (nSPS) is 20.5. The summed E-state index contributed by atoms with van der Waals surface area (Å²) in [5.41, 5.74) is 0.910. The number of rotatable bonds is 7. The van der Waals surface area contributed by atoms with Crippen molar-refractivity contribution in [2.45, 2.75) is 56.3 Å². The van der Waals surface area contributed by atoms with Crippen LogP contribution < -0.4 is 4.74 Å². The first kappa shape index (κ1) is 22.1. The van der Waals surface area contributed by atoms with E-state index < -0.39 is 0 Å². The van der Waals surface area contributed by atoms with Crippen LogP contribution in [0.2, 0.25) is 0 Å². The Bertz CT molecular complexity index is 1080. The van der Waals surface area contributed by atoms with Crippen molar-refractivity contribution in [3.8, 4) is 17.1 Å². The van der Waals surface area contributed by atoms with Crippen LogP contribution in [-0.4, -0.2) is 51.0 Å². The molecule has 0 unspecified atom stereocenters. The van der Waals surface area contributed by atoms with Crippen molar-refractivity contribution in [2.75, 3.05) is 19.4 Å². The molecule has 1 saturated heterocycles. The number of likely N-dealkylation sites (tertiary alicyclic amines) is 1. The second-order valence-corrected chi connectivity index (χ2v) is 9.78. The minimum absolute atomic E-state index is 0.215. The molecule has 2 fully saturated rings. The largest absolute Gasteiger partial charge is 0.497 e. The maximum Gasteiger partial charge on any atom is 0.233 e. The average molecular weight is 467 g/mol. The molecular weight excluding hydrogens is 436 g/mol. The Balaban J connectivity index is 1.36. The van der Waals surface area contributed by atoms with Gasteiger partial charge in [-0.05, 0) is 55.9 Å². The molecule has 0 N–H and O–H groups in total. The third-order valence-corrected chi connectivity index (χ3v) is 7.78. The Morgan fingerprint density at radius 2 is 2.03 bits per heavy atom. The van der Waals surface area contributed by atoms with Gasteiger partial charge in [0.25, 0.3) is 0 Å². The van der Waals surface area contributed by atoms with Gasteiger partial charge in [0.15, 0.2) is 11.0 Å². The zero-order valence-electron chi connectivity index (χ0n) is 19.0. The number of carbonyl (C=O) groups is 1. The molecule has 2 aromatic heterocycles. The fourth-order valence-corrected chi connectivity index (χ4v) is 6.04. The number of thioether (sulfide) groups is 1. The van der Waals surface area contributed by atoms with Crippen LogP contribution in [0.15, 0.2) is 52.2 Å². The van der Waals surface area contributed by atoms with Gasteiger partial charge in [0.05, 0.1) is 25.7 Å². The Hall–Kier alpha value is -2.74. The molecule has 174 valence electrons. The molecule has 0 spiro atoms. The summed E-state index contributed by atoms with van der Waals surface area (Å²) < 4.78 is 13.0. The number of ether oxygens (including phenoxy) is 1. The highest BCUT2D eigenvalue weighted by Crippen LogP contribution is 2.36. The minimum atomic E-state index is 0.215. The maximum absolute atomic E-state index is 13.2. The van der Waals surface area contributed by atoms with E-state index in [9.17, 15) is 4.79 Å². The lowest BCUT2D eigenvalue weighted by Gasteiger charge is -2.44. The third-order valence-electron chi connectivity index (χ3n) is 6.83. The predicted octanol–water partition coefficient (Wildman–Crippen LogP) is 4.87. The van der Waals surface area contributed by atoms with Crippen LogP contribution in [0.5, 0.6) is 5.75 Å². The number of aromatic nitrogens is 3. The Morgan fingerprint density at radius 3 is 2.88 bits per heavy atom. The van der Waals surface area contributed by atoms with Crippen molar-refractivity contribution in [3.63, 3.8) is 0 Å². The van der Waals surface area contributed by atoms with E-state index in [1.807, 2.05) is 41.0 Å². The van der Waals surface area contributed by atoms with Gasteiger partial charge in [-0.25, -0.2) is 0 Å². The van der Waals surface area contributed by atoms with Crippen LogP contribution >= 0.6 is 11.8 Å². The number of methoxy groups -OCH3 is 1. The number of furan rings is 1. The van der Waals surface area contributed by atoms with E-state index >= 15 is 0 Å². The number of hydrogen-bond donors (Lipinski definition) is 0. The molecule has 2 atom stereocenters. The molecule has 1 aliphatic carbocycles. The van der Waals surface area contributed by atoms with Crippen LogP contribution in [0.4, 0.5) is 0 Å². The Kier molecular flexibility index (Phi) is 6.71. The zero-order chi connectivity index (χ0) is 22.6. The van der Waals surface area contributed by atoms with Gasteiger partial charge < -0.3 is 14.1 Å². The monoisotopic (exact) mass is 466 g/mol. The highest BCUT2D eigenvalue weighted by atomic mass is 32.2. The summed E-state index contributed by atoms with van der Waals surface area (Å²) in [6, 6.07) is 12.0. The molecule has 3 heterocycles. The topological polar surface area (TPSA) is 73.4 Å². The van der Waals surface area contributed by atoms with Gasteiger partial charge >= 0.3 is 0 Å². The molecule has 1 aliphatic heterocycles. The third kappa shape index (κ3) is 4.81. The molecule has 0 radical (unpaired) electrons. The molecule has 5 rings (SSSR count). The molecule has 8 heteroatoms. The maximum atomic E-state index is 13.2. The molecule has 0 bridgehead atoms. The smallest absolute Gasteiger partial charge is 0.233 e. The summed E-state index contributed by atoms with van der Waals surface area (Å²) in [5.74, 6) is 3.57. The van der Waals surface area contributed by atoms with Crippen LogP contribution in [0.1, 0.15) is 44.3 Å². The van der Waals surface area contributed by atoms with Gasteiger partial charge in [-0.1, -0.05) is 36.7 Å². The lowest BCUT2D eigenvalue weighted by atomic mass is 9.78. The van der Waals surface area contributed by atoms with Crippen LogP contribution in [0.3, 0.4) is 0 Å². The summed E-state index contributed by atoms with van der Waals surface area (Å²) >= 11 is 1.46. The van der Waals surface area contributed by atoms with Crippen molar-refractivity contribution in [1.82, 2.24) is 19.7 Å². The van der Waals surface area contributed by atoms with Crippen LogP contribution in [-0.2, 0) is 11.3 Å². The number of hydrogen-bond acceptors (Lipinski definition) is 6. The Labute approximate surface area is 198 Å². The summed E-state index contributed by atoms with van der Waals surface area (Å²) in [6.45, 7) is 1.38. The number of benzene rings is 1. The van der Waals surface area contributed by atoms with Gasteiger partial charge in [0.1, 0.15) is 11.5 Å². The molecule has 1 saturated carbocycles. The summed E-state index contributed by atoms with van der Waals surface area (Å²) in [7, 11) is 1.65. The van der Waals surface area contributed by atoms with E-state index in [1.165, 1.54) is 37.4 Å². The molecule has 1 aromatic carbocycles. The second kappa shape index (κ2) is 10.0. The van der Waals surface area contributed by atoms with Gasteiger partial charge in [-0.2, -0.15) is 0 Å². The standard InChI is InChI=1S/C25H30N4O3S/c1-31-20-10-4-8-19(15-20)24-26-27-25(29(24)16-21-11-6-14-32-21)33-17-23(30)28-13-5-9-18-7-2-3-12-22(18)28/h4,6,8,10-11,14-15,18,22H,2-3,5,7,9,12-13,16-17H2,1H3/t18-,22-/m1/s1. The minimum Gasteiger partial charge on any atom is -0.497 e. The number of fused-ring (bicyclic) bond motifs is 1. The molecule has 7 nitrogen and oxygen atoms in total. The lowest BCUT2D eigenvalue weighted by Crippen LogP contribution is -2.50. The van der Waals surface area contributed by atoms with Gasteiger partial charge in [0, 0.05) is 18.2 Å². The average Bonchev–Trinajstić information content (AvgIpc) is 3.52. The molecule has 2 aliphatic rings. The van der Waals surface area contributed by atoms with Gasteiger partial charge in [0.2, 0.25) is 5.91 Å². The van der Waals surface area contributed by atoms with E-state index in [0.717, 1.165) is 47.4 Å². The number of amides is 1. The van der Waals surface area contributed by atoms with Crippen molar-refractivity contribution < 1.29 is 13.9 Å². The number of nitrogens with zero attached hydrogens (tertiary/aromatic N) is 4. The van der Waals surface area contributed by atoms with Crippen molar-refractivity contribution in [3.05, 3.63) is 48.4 Å². The number of carbonyl (C=O) groups excluding carboxylic acids is 1. The summed E-state index contributed by atoms with van der Waals surface area (Å²) in [4.78, 5) is 15.4. The first-order chi connectivity index (χ1) is 16.2. The quantitative estimate of drug-likeness (QED) is 0.463. The fraction of sp³-hybridized carbons (Fsp3) is 0.480. The Morgan fingerprint density at radius 1 is 1.15 bits per heavy atom. The van der Waals surface area contributed by atoms with Gasteiger partial charge in [-0.3, -0.25) is 9.36 Å². The first-order valence-electron chi connectivity index (χ1n) is 11.7. The molecule has 3 aromatic rings. The zero-order valence-corrected chi connectivity index (χ0v) is 19.8. The van der Waals surface area contributed by atoms with Crippen molar-refractivity contribution in [1.29, 1.82) is 0 Å². The van der Waals surface area contributed by atoms with Crippen molar-refractivity contribution >= 4 is 17.7 Å². The predicted molar refractivity (Wildman–Crippen MR) is 127 cm³/mol. The molecule has 33 heavy (non-hydrogen) atoms. The first-order valence-corrected chi connectivity index (χ1v) is 12.7. The van der Waals surface area contributed by atoms with Gasteiger partial charge in [-0.15, -0.1) is 10.2 Å².